The number of aromatic hydroxyl groups is 1. The fourth-order valence-electron chi connectivity index (χ4n) is 1.86. The molecule has 13 heavy (non-hydrogen) atoms. The highest BCUT2D eigenvalue weighted by Crippen LogP contribution is 2.39. The van der Waals surface area contributed by atoms with E-state index in [1.807, 2.05) is 6.07 Å². The van der Waals surface area contributed by atoms with E-state index in [4.69, 9.17) is 0 Å². The van der Waals surface area contributed by atoms with Crippen LogP contribution in [0.25, 0.3) is 0 Å². The van der Waals surface area contributed by atoms with Crippen molar-refractivity contribution < 1.29 is 5.11 Å². The molecule has 1 aromatic rings. The quantitative estimate of drug-likeness (QED) is 0.646. The zero-order chi connectivity index (χ0) is 9.47. The van der Waals surface area contributed by atoms with Crippen molar-refractivity contribution in [3.63, 3.8) is 0 Å². The van der Waals surface area contributed by atoms with Gasteiger partial charge in [0.2, 0.25) is 0 Å². The molecule has 0 saturated heterocycles. The van der Waals surface area contributed by atoms with Crippen LogP contribution in [0.5, 0.6) is 5.75 Å². The van der Waals surface area contributed by atoms with E-state index in [2.05, 4.69) is 25.2 Å². The smallest absolute Gasteiger partial charge is 0.138 e. The van der Waals surface area contributed by atoms with E-state index < -0.39 is 0 Å². The van der Waals surface area contributed by atoms with Gasteiger partial charge in [-0.1, -0.05) is 19.1 Å². The summed E-state index contributed by atoms with van der Waals surface area (Å²) in [5.41, 5.74) is 2.28. The predicted octanol–water partition coefficient (Wildman–Crippen LogP) is 2.53. The summed E-state index contributed by atoms with van der Waals surface area (Å²) < 4.78 is 0. The molecular weight excluding hydrogens is 162 g/mol. The molecule has 2 heteroatoms. The van der Waals surface area contributed by atoms with Crippen molar-refractivity contribution >= 4 is 5.69 Å². The highest BCUT2D eigenvalue weighted by molar-refractivity contribution is 5.66. The molecular formula is C11H15NO. The van der Waals surface area contributed by atoms with Crippen molar-refractivity contribution in [1.82, 2.24) is 0 Å². The summed E-state index contributed by atoms with van der Waals surface area (Å²) in [4.78, 5) is 0. The third kappa shape index (κ3) is 1.26. The number of nitrogens with one attached hydrogen (secondary N) is 1. The van der Waals surface area contributed by atoms with Crippen LogP contribution in [0.3, 0.4) is 0 Å². The second-order valence-electron chi connectivity index (χ2n) is 4.03. The van der Waals surface area contributed by atoms with Crippen molar-refractivity contribution in [1.29, 1.82) is 0 Å². The normalized spacial score (nSPS) is 25.4. The van der Waals surface area contributed by atoms with Crippen molar-refractivity contribution in [2.75, 3.05) is 5.32 Å². The molecule has 1 atom stereocenters. The molecule has 0 spiro atoms. The number of fused-ring (bicyclic) bond motifs is 1. The first-order chi connectivity index (χ1) is 6.14. The molecule has 0 bridgehead atoms. The molecule has 1 aliphatic rings. The SMILES string of the molecule is CCC1(C)Cc2cccc(O)c2N1. The lowest BCUT2D eigenvalue weighted by Crippen LogP contribution is -2.30. The molecule has 1 aliphatic heterocycles. The Morgan fingerprint density at radius 3 is 2.92 bits per heavy atom. The van der Waals surface area contributed by atoms with Crippen LogP contribution in [-0.2, 0) is 6.42 Å². The monoisotopic (exact) mass is 177 g/mol. The fourth-order valence-corrected chi connectivity index (χ4v) is 1.86. The van der Waals surface area contributed by atoms with Crippen molar-refractivity contribution in [3.8, 4) is 5.75 Å². The van der Waals surface area contributed by atoms with Crippen LogP contribution in [0.1, 0.15) is 25.8 Å². The third-order valence-corrected chi connectivity index (χ3v) is 2.92. The van der Waals surface area contributed by atoms with Gasteiger partial charge in [-0.3, -0.25) is 0 Å². The molecule has 2 N–H and O–H groups in total. The number of hydrogen-bond acceptors (Lipinski definition) is 2. The maximum absolute atomic E-state index is 9.60. The molecule has 1 aromatic carbocycles. The van der Waals surface area contributed by atoms with Crippen LogP contribution in [0, 0.1) is 0 Å². The number of hydrogen-bond donors (Lipinski definition) is 2. The minimum Gasteiger partial charge on any atom is -0.506 e. The molecule has 1 heterocycles. The van der Waals surface area contributed by atoms with Crippen LogP contribution in [0.4, 0.5) is 5.69 Å². The van der Waals surface area contributed by atoms with Gasteiger partial charge in [0.25, 0.3) is 0 Å². The summed E-state index contributed by atoms with van der Waals surface area (Å²) >= 11 is 0. The van der Waals surface area contributed by atoms with E-state index in [-0.39, 0.29) is 5.54 Å². The van der Waals surface area contributed by atoms with E-state index in [9.17, 15) is 5.11 Å². The number of phenolic OH excluding ortho intramolecular Hbond substituents is 1. The first-order valence-electron chi connectivity index (χ1n) is 4.74. The Bertz CT molecular complexity index is 335. The summed E-state index contributed by atoms with van der Waals surface area (Å²) in [6.07, 6.45) is 2.08. The van der Waals surface area contributed by atoms with Gasteiger partial charge in [-0.05, 0) is 31.4 Å². The summed E-state index contributed by atoms with van der Waals surface area (Å²) in [5, 5.41) is 13.0. The maximum atomic E-state index is 9.60. The topological polar surface area (TPSA) is 32.3 Å². The number of anilines is 1. The van der Waals surface area contributed by atoms with Crippen LogP contribution in [-0.4, -0.2) is 10.6 Å². The van der Waals surface area contributed by atoms with Crippen molar-refractivity contribution in [2.24, 2.45) is 0 Å². The van der Waals surface area contributed by atoms with Crippen LogP contribution in [0.15, 0.2) is 18.2 Å². The summed E-state index contributed by atoms with van der Waals surface area (Å²) in [7, 11) is 0. The van der Waals surface area contributed by atoms with Gasteiger partial charge in [0, 0.05) is 5.54 Å². The highest BCUT2D eigenvalue weighted by Gasteiger charge is 2.31. The molecule has 70 valence electrons. The maximum Gasteiger partial charge on any atom is 0.138 e. The van der Waals surface area contributed by atoms with Gasteiger partial charge in [0.05, 0.1) is 5.69 Å². The Hall–Kier alpha value is -1.18. The van der Waals surface area contributed by atoms with Crippen LogP contribution in [0.2, 0.25) is 0 Å². The molecule has 0 saturated carbocycles. The summed E-state index contributed by atoms with van der Waals surface area (Å²) in [6.45, 7) is 4.35. The highest BCUT2D eigenvalue weighted by atomic mass is 16.3. The van der Waals surface area contributed by atoms with E-state index in [0.717, 1.165) is 18.5 Å². The number of rotatable bonds is 1. The molecule has 0 amide bonds. The fraction of sp³-hybridized carbons (Fsp3) is 0.455. The van der Waals surface area contributed by atoms with Gasteiger partial charge < -0.3 is 10.4 Å². The van der Waals surface area contributed by atoms with Crippen LogP contribution < -0.4 is 5.32 Å². The molecule has 0 fully saturated rings. The minimum absolute atomic E-state index is 0.126. The van der Waals surface area contributed by atoms with E-state index >= 15 is 0 Å². The first-order valence-corrected chi connectivity index (χ1v) is 4.74. The zero-order valence-electron chi connectivity index (χ0n) is 8.09. The van der Waals surface area contributed by atoms with Crippen molar-refractivity contribution in [3.05, 3.63) is 23.8 Å². The average Bonchev–Trinajstić information content (AvgIpc) is 2.45. The average molecular weight is 177 g/mol. The van der Waals surface area contributed by atoms with Gasteiger partial charge >= 0.3 is 0 Å². The number of para-hydroxylation sites is 1. The van der Waals surface area contributed by atoms with Gasteiger partial charge in [-0.25, -0.2) is 0 Å². The third-order valence-electron chi connectivity index (χ3n) is 2.92. The molecule has 2 nitrogen and oxygen atoms in total. The number of phenols is 1. The lowest BCUT2D eigenvalue weighted by Gasteiger charge is -2.22. The molecule has 1 unspecified atom stereocenters. The lowest BCUT2D eigenvalue weighted by molar-refractivity contribution is 0.474. The largest absolute Gasteiger partial charge is 0.506 e. The Kier molecular flexibility index (Phi) is 1.72. The second-order valence-corrected chi connectivity index (χ2v) is 4.03. The van der Waals surface area contributed by atoms with E-state index in [1.54, 1.807) is 6.07 Å². The summed E-state index contributed by atoms with van der Waals surface area (Å²) in [6, 6.07) is 5.70. The summed E-state index contributed by atoms with van der Waals surface area (Å²) in [5.74, 6) is 0.370. The van der Waals surface area contributed by atoms with Gasteiger partial charge in [0.15, 0.2) is 0 Å². The lowest BCUT2D eigenvalue weighted by atomic mass is 9.95. The molecule has 0 aromatic heterocycles. The van der Waals surface area contributed by atoms with Crippen LogP contribution >= 0.6 is 0 Å². The molecule has 2 rings (SSSR count). The molecule has 0 radical (unpaired) electrons. The Morgan fingerprint density at radius 1 is 1.54 bits per heavy atom. The van der Waals surface area contributed by atoms with Gasteiger partial charge in [0.1, 0.15) is 5.75 Å². The zero-order valence-corrected chi connectivity index (χ0v) is 8.09. The van der Waals surface area contributed by atoms with E-state index in [0.29, 0.717) is 5.75 Å². The predicted molar refractivity (Wildman–Crippen MR) is 54.1 cm³/mol. The Morgan fingerprint density at radius 2 is 2.31 bits per heavy atom. The van der Waals surface area contributed by atoms with Gasteiger partial charge in [-0.2, -0.15) is 0 Å². The standard InChI is InChI=1S/C11H15NO/c1-3-11(2)7-8-5-4-6-9(13)10(8)12-11/h4-6,12-13H,3,7H2,1-2H3. The molecule has 0 aliphatic carbocycles. The Labute approximate surface area is 78.6 Å². The van der Waals surface area contributed by atoms with Crippen molar-refractivity contribution in [2.45, 2.75) is 32.2 Å². The minimum atomic E-state index is 0.126. The first kappa shape index (κ1) is 8.42. The van der Waals surface area contributed by atoms with E-state index in [1.165, 1.54) is 5.56 Å². The Balaban J connectivity index is 2.40. The second kappa shape index (κ2) is 2.66. The van der Waals surface area contributed by atoms with Gasteiger partial charge in [-0.15, -0.1) is 0 Å². The number of benzene rings is 1.